The summed E-state index contributed by atoms with van der Waals surface area (Å²) < 4.78 is 6.75. The zero-order valence-corrected chi connectivity index (χ0v) is 14.3. The molecule has 0 saturated carbocycles. The number of nitrogens with zero attached hydrogens (tertiary/aromatic N) is 2. The van der Waals surface area contributed by atoms with E-state index in [2.05, 4.69) is 10.2 Å². The first-order valence-electron chi connectivity index (χ1n) is 8.55. The van der Waals surface area contributed by atoms with Crippen molar-refractivity contribution in [1.29, 1.82) is 0 Å². The van der Waals surface area contributed by atoms with Crippen LogP contribution in [-0.2, 0) is 9.53 Å². The fourth-order valence-corrected chi connectivity index (χ4v) is 4.39. The maximum absolute atomic E-state index is 12.3. The van der Waals surface area contributed by atoms with Crippen molar-refractivity contribution >= 4 is 38.3 Å². The van der Waals surface area contributed by atoms with E-state index in [1.807, 2.05) is 18.2 Å². The Balaban J connectivity index is 1.47. The SMILES string of the molecule is NC[C@H]1CC[C@@H](C(=O)Nc2ccc3nc(N4CCCC4)sc3c2)O1. The van der Waals surface area contributed by atoms with Gasteiger partial charge in [-0.1, -0.05) is 11.3 Å². The summed E-state index contributed by atoms with van der Waals surface area (Å²) >= 11 is 1.69. The van der Waals surface area contributed by atoms with E-state index >= 15 is 0 Å². The minimum absolute atomic E-state index is 0.00717. The average Bonchev–Trinajstić information content (AvgIpc) is 3.32. The standard InChI is InChI=1S/C17H22N4O2S/c18-10-12-4-6-14(23-12)16(22)19-11-3-5-13-15(9-11)24-17(20-13)21-7-1-2-8-21/h3,5,9,12,14H,1-2,4,6-8,10,18H2,(H,19,22)/t12-,14+/m1/s1. The number of thiazole rings is 1. The second-order valence-corrected chi connectivity index (χ2v) is 7.43. The van der Waals surface area contributed by atoms with E-state index in [-0.39, 0.29) is 12.0 Å². The molecule has 2 saturated heterocycles. The number of anilines is 2. The van der Waals surface area contributed by atoms with Crippen LogP contribution in [0.1, 0.15) is 25.7 Å². The summed E-state index contributed by atoms with van der Waals surface area (Å²) in [6.45, 7) is 2.64. The first-order valence-corrected chi connectivity index (χ1v) is 9.36. The monoisotopic (exact) mass is 346 g/mol. The Morgan fingerprint density at radius 1 is 1.38 bits per heavy atom. The van der Waals surface area contributed by atoms with Gasteiger partial charge in [0.15, 0.2) is 5.13 Å². The van der Waals surface area contributed by atoms with Crippen LogP contribution in [0.3, 0.4) is 0 Å². The molecule has 2 aliphatic heterocycles. The van der Waals surface area contributed by atoms with Gasteiger partial charge >= 0.3 is 0 Å². The van der Waals surface area contributed by atoms with E-state index in [0.29, 0.717) is 6.54 Å². The number of carbonyl (C=O) groups excluding carboxylic acids is 1. The predicted molar refractivity (Wildman–Crippen MR) is 96.6 cm³/mol. The molecule has 2 aromatic rings. The van der Waals surface area contributed by atoms with Gasteiger partial charge in [0.1, 0.15) is 6.10 Å². The average molecular weight is 346 g/mol. The summed E-state index contributed by atoms with van der Waals surface area (Å²) in [5.74, 6) is -0.0884. The topological polar surface area (TPSA) is 80.5 Å². The number of nitrogens with one attached hydrogen (secondary N) is 1. The molecule has 0 spiro atoms. The Bertz CT molecular complexity index is 741. The number of fused-ring (bicyclic) bond motifs is 1. The Morgan fingerprint density at radius 3 is 2.96 bits per heavy atom. The van der Waals surface area contributed by atoms with Gasteiger partial charge < -0.3 is 20.7 Å². The summed E-state index contributed by atoms with van der Waals surface area (Å²) in [5.41, 5.74) is 7.38. The number of ether oxygens (including phenoxy) is 1. The van der Waals surface area contributed by atoms with Gasteiger partial charge in [-0.3, -0.25) is 4.79 Å². The lowest BCUT2D eigenvalue weighted by molar-refractivity contribution is -0.126. The van der Waals surface area contributed by atoms with Gasteiger partial charge in [0.2, 0.25) is 0 Å². The molecule has 1 aromatic carbocycles. The fourth-order valence-electron chi connectivity index (χ4n) is 3.33. The molecule has 0 unspecified atom stereocenters. The number of hydrogen-bond donors (Lipinski definition) is 2. The molecule has 6 nitrogen and oxygen atoms in total. The Labute approximate surface area is 145 Å². The van der Waals surface area contributed by atoms with Gasteiger partial charge in [0.25, 0.3) is 5.91 Å². The third-order valence-corrected chi connectivity index (χ3v) is 5.76. The molecular weight excluding hydrogens is 324 g/mol. The van der Waals surface area contributed by atoms with Crippen LogP contribution in [0, 0.1) is 0 Å². The van der Waals surface area contributed by atoms with Crippen LogP contribution < -0.4 is 16.0 Å². The minimum Gasteiger partial charge on any atom is -0.364 e. The number of rotatable bonds is 4. The van der Waals surface area contributed by atoms with E-state index < -0.39 is 6.10 Å². The summed E-state index contributed by atoms with van der Waals surface area (Å²) in [6.07, 6.45) is 3.67. The molecule has 0 aliphatic carbocycles. The Hall–Kier alpha value is -1.70. The number of carbonyl (C=O) groups is 1. The smallest absolute Gasteiger partial charge is 0.253 e. The van der Waals surface area contributed by atoms with Crippen LogP contribution in [0.5, 0.6) is 0 Å². The largest absolute Gasteiger partial charge is 0.364 e. The van der Waals surface area contributed by atoms with Crippen LogP contribution in [0.25, 0.3) is 10.2 Å². The van der Waals surface area contributed by atoms with Crippen molar-refractivity contribution < 1.29 is 9.53 Å². The molecule has 0 bridgehead atoms. The molecule has 24 heavy (non-hydrogen) atoms. The number of aromatic nitrogens is 1. The Kier molecular flexibility index (Phi) is 4.39. The molecule has 4 rings (SSSR count). The number of nitrogens with two attached hydrogens (primary N) is 1. The van der Waals surface area contributed by atoms with Gasteiger partial charge in [-0.2, -0.15) is 0 Å². The van der Waals surface area contributed by atoms with E-state index in [1.54, 1.807) is 11.3 Å². The van der Waals surface area contributed by atoms with E-state index in [9.17, 15) is 4.79 Å². The van der Waals surface area contributed by atoms with Gasteiger partial charge in [0.05, 0.1) is 16.3 Å². The van der Waals surface area contributed by atoms with Crippen molar-refractivity contribution in [1.82, 2.24) is 4.98 Å². The zero-order chi connectivity index (χ0) is 16.5. The summed E-state index contributed by atoms with van der Waals surface area (Å²) in [7, 11) is 0. The lowest BCUT2D eigenvalue weighted by Crippen LogP contribution is -2.29. The molecular formula is C17H22N4O2S. The molecule has 1 aromatic heterocycles. The number of hydrogen-bond acceptors (Lipinski definition) is 6. The lowest BCUT2D eigenvalue weighted by atomic mass is 10.2. The molecule has 7 heteroatoms. The molecule has 2 atom stereocenters. The van der Waals surface area contributed by atoms with Crippen LogP contribution >= 0.6 is 11.3 Å². The first-order chi connectivity index (χ1) is 11.7. The minimum atomic E-state index is -0.393. The van der Waals surface area contributed by atoms with Gasteiger partial charge in [0, 0.05) is 25.3 Å². The van der Waals surface area contributed by atoms with Crippen LogP contribution in [0.2, 0.25) is 0 Å². The predicted octanol–water partition coefficient (Wildman–Crippen LogP) is 2.34. The molecule has 3 heterocycles. The lowest BCUT2D eigenvalue weighted by Gasteiger charge is -2.12. The van der Waals surface area contributed by atoms with Crippen molar-refractivity contribution in [3.63, 3.8) is 0 Å². The van der Waals surface area contributed by atoms with Crippen molar-refractivity contribution in [3.05, 3.63) is 18.2 Å². The van der Waals surface area contributed by atoms with Gasteiger partial charge in [-0.05, 0) is 43.9 Å². The highest BCUT2D eigenvalue weighted by Gasteiger charge is 2.29. The molecule has 1 amide bonds. The van der Waals surface area contributed by atoms with E-state index in [4.69, 9.17) is 15.5 Å². The van der Waals surface area contributed by atoms with Crippen molar-refractivity contribution in [2.75, 3.05) is 29.9 Å². The van der Waals surface area contributed by atoms with Gasteiger partial charge in [-0.15, -0.1) is 0 Å². The normalized spacial score (nSPS) is 24.0. The summed E-state index contributed by atoms with van der Waals surface area (Å²) in [4.78, 5) is 19.4. The first kappa shape index (κ1) is 15.8. The molecule has 2 fully saturated rings. The second kappa shape index (κ2) is 6.66. The highest BCUT2D eigenvalue weighted by atomic mass is 32.1. The van der Waals surface area contributed by atoms with Crippen LogP contribution in [-0.4, -0.2) is 42.7 Å². The molecule has 3 N–H and O–H groups in total. The third-order valence-electron chi connectivity index (χ3n) is 4.68. The zero-order valence-electron chi connectivity index (χ0n) is 13.5. The van der Waals surface area contributed by atoms with Crippen molar-refractivity contribution in [3.8, 4) is 0 Å². The summed E-state index contributed by atoms with van der Waals surface area (Å²) in [6, 6.07) is 5.88. The Morgan fingerprint density at radius 2 is 2.21 bits per heavy atom. The van der Waals surface area contributed by atoms with Crippen LogP contribution in [0.15, 0.2) is 18.2 Å². The number of benzene rings is 1. The van der Waals surface area contributed by atoms with E-state index in [1.165, 1.54) is 12.8 Å². The highest BCUT2D eigenvalue weighted by Crippen LogP contribution is 2.32. The fraction of sp³-hybridized carbons (Fsp3) is 0.529. The molecule has 128 valence electrons. The van der Waals surface area contributed by atoms with Crippen LogP contribution in [0.4, 0.5) is 10.8 Å². The molecule has 2 aliphatic rings. The number of amides is 1. The third kappa shape index (κ3) is 3.11. The maximum Gasteiger partial charge on any atom is 0.253 e. The highest BCUT2D eigenvalue weighted by molar-refractivity contribution is 7.22. The summed E-state index contributed by atoms with van der Waals surface area (Å²) in [5, 5.41) is 4.04. The second-order valence-electron chi connectivity index (χ2n) is 6.42. The maximum atomic E-state index is 12.3. The molecule has 0 radical (unpaired) electrons. The van der Waals surface area contributed by atoms with Gasteiger partial charge in [-0.25, -0.2) is 4.98 Å². The van der Waals surface area contributed by atoms with E-state index in [0.717, 1.165) is 47.0 Å². The quantitative estimate of drug-likeness (QED) is 0.888. The van der Waals surface area contributed by atoms with Crippen molar-refractivity contribution in [2.45, 2.75) is 37.9 Å². The van der Waals surface area contributed by atoms with Crippen molar-refractivity contribution in [2.24, 2.45) is 5.73 Å².